The topological polar surface area (TPSA) is 102 Å². The summed E-state index contributed by atoms with van der Waals surface area (Å²) in [6, 6.07) is 1.67. The average molecular weight is 372 g/mol. The normalized spacial score (nSPS) is 35.3. The summed E-state index contributed by atoms with van der Waals surface area (Å²) < 4.78 is 11.6. The first-order valence-corrected chi connectivity index (χ1v) is 9.10. The SMILES string of the molecule is CC(=O)O[C@H]1C=C[C@H]2[C@H]3Cc4cc([N+](=O)[O-])c(O)c5c4[C@@]2(CCN3C)[C@H]1O5. The van der Waals surface area contributed by atoms with Crippen molar-refractivity contribution in [1.29, 1.82) is 0 Å². The Kier molecular flexibility index (Phi) is 3.20. The summed E-state index contributed by atoms with van der Waals surface area (Å²) in [4.78, 5) is 24.7. The Labute approximate surface area is 155 Å². The molecule has 1 saturated heterocycles. The van der Waals surface area contributed by atoms with E-state index in [0.29, 0.717) is 6.42 Å². The Morgan fingerprint density at radius 2 is 2.26 bits per heavy atom. The molecule has 1 aromatic rings. The smallest absolute Gasteiger partial charge is 0.314 e. The van der Waals surface area contributed by atoms with Crippen LogP contribution in [0.4, 0.5) is 5.69 Å². The van der Waals surface area contributed by atoms with Crippen LogP contribution in [0.25, 0.3) is 0 Å². The molecule has 0 aromatic heterocycles. The molecular weight excluding hydrogens is 352 g/mol. The maximum Gasteiger partial charge on any atom is 0.314 e. The molecule has 8 heteroatoms. The van der Waals surface area contributed by atoms with E-state index in [1.54, 1.807) is 0 Å². The number of carbonyl (C=O) groups is 1. The van der Waals surface area contributed by atoms with Crippen LogP contribution in [0.2, 0.25) is 0 Å². The lowest BCUT2D eigenvalue weighted by atomic mass is 9.53. The maximum atomic E-state index is 11.6. The van der Waals surface area contributed by atoms with Crippen molar-refractivity contribution in [3.05, 3.63) is 39.5 Å². The molecular formula is C19H20N2O6. The molecule has 1 fully saturated rings. The van der Waals surface area contributed by atoms with E-state index in [9.17, 15) is 20.0 Å². The third-order valence-electron chi connectivity index (χ3n) is 6.72. The van der Waals surface area contributed by atoms with Crippen LogP contribution < -0.4 is 4.74 Å². The second kappa shape index (κ2) is 5.22. The fourth-order valence-electron chi connectivity index (χ4n) is 5.71. The highest BCUT2D eigenvalue weighted by molar-refractivity contribution is 5.70. The zero-order valence-corrected chi connectivity index (χ0v) is 15.0. The van der Waals surface area contributed by atoms with Gasteiger partial charge in [-0.25, -0.2) is 0 Å². The van der Waals surface area contributed by atoms with Crippen molar-refractivity contribution < 1.29 is 24.3 Å². The molecule has 0 saturated carbocycles. The summed E-state index contributed by atoms with van der Waals surface area (Å²) in [5, 5.41) is 22.0. The minimum atomic E-state index is -0.584. The average Bonchev–Trinajstić information content (AvgIpc) is 2.96. The van der Waals surface area contributed by atoms with Gasteiger partial charge in [-0.1, -0.05) is 6.08 Å². The van der Waals surface area contributed by atoms with E-state index in [1.165, 1.54) is 13.0 Å². The predicted octanol–water partition coefficient (Wildman–Crippen LogP) is 1.68. The summed E-state index contributed by atoms with van der Waals surface area (Å²) in [6.45, 7) is 2.20. The Morgan fingerprint density at radius 1 is 1.48 bits per heavy atom. The third kappa shape index (κ3) is 1.93. The molecule has 1 aromatic carbocycles. The van der Waals surface area contributed by atoms with Crippen LogP contribution >= 0.6 is 0 Å². The van der Waals surface area contributed by atoms with Crippen molar-refractivity contribution in [3.8, 4) is 11.5 Å². The Balaban J connectivity index is 1.77. The second-order valence-corrected chi connectivity index (χ2v) is 7.93. The number of ether oxygens (including phenoxy) is 2. The number of carbonyl (C=O) groups excluding carboxylic acids is 1. The number of nitro benzene ring substituents is 1. The van der Waals surface area contributed by atoms with Gasteiger partial charge in [-0.2, -0.15) is 0 Å². The van der Waals surface area contributed by atoms with Crippen molar-refractivity contribution >= 4 is 11.7 Å². The predicted molar refractivity (Wildman–Crippen MR) is 93.8 cm³/mol. The number of aromatic hydroxyl groups is 1. The van der Waals surface area contributed by atoms with Crippen molar-refractivity contribution in [2.45, 2.75) is 43.4 Å². The van der Waals surface area contributed by atoms with Crippen molar-refractivity contribution in [2.75, 3.05) is 13.6 Å². The number of likely N-dealkylation sites (tertiary alicyclic amines) is 1. The lowest BCUT2D eigenvalue weighted by Gasteiger charge is -2.56. The molecule has 2 heterocycles. The molecule has 0 radical (unpaired) electrons. The van der Waals surface area contributed by atoms with Crippen LogP contribution in [0.1, 0.15) is 24.5 Å². The first kappa shape index (κ1) is 16.6. The molecule has 2 bridgehead atoms. The number of piperidine rings is 1. The zero-order valence-electron chi connectivity index (χ0n) is 15.0. The molecule has 5 rings (SSSR count). The fourth-order valence-corrected chi connectivity index (χ4v) is 5.71. The van der Waals surface area contributed by atoms with E-state index in [2.05, 4.69) is 18.0 Å². The summed E-state index contributed by atoms with van der Waals surface area (Å²) in [7, 11) is 2.06. The number of benzene rings is 1. The third-order valence-corrected chi connectivity index (χ3v) is 6.72. The minimum absolute atomic E-state index is 0.141. The Morgan fingerprint density at radius 3 is 2.96 bits per heavy atom. The zero-order chi connectivity index (χ0) is 19.1. The monoisotopic (exact) mass is 372 g/mol. The molecule has 0 unspecified atom stereocenters. The highest BCUT2D eigenvalue weighted by Gasteiger charge is 2.65. The van der Waals surface area contributed by atoms with E-state index in [1.807, 2.05) is 6.08 Å². The molecule has 5 atom stereocenters. The Hall–Kier alpha value is -2.61. The van der Waals surface area contributed by atoms with Gasteiger partial charge in [0, 0.05) is 35.9 Å². The maximum absolute atomic E-state index is 11.6. The van der Waals surface area contributed by atoms with Gasteiger partial charge in [-0.15, -0.1) is 0 Å². The number of phenolic OH excluding ortho intramolecular Hbond substituents is 1. The van der Waals surface area contributed by atoms with E-state index < -0.39 is 34.3 Å². The molecule has 0 amide bonds. The minimum Gasteiger partial charge on any atom is -0.500 e. The molecule has 8 nitrogen and oxygen atoms in total. The summed E-state index contributed by atoms with van der Waals surface area (Å²) in [6.07, 6.45) is 4.32. The highest BCUT2D eigenvalue weighted by Crippen LogP contribution is 2.63. The lowest BCUT2D eigenvalue weighted by Crippen LogP contribution is -2.65. The molecule has 4 aliphatic rings. The van der Waals surface area contributed by atoms with Gasteiger partial charge in [0.2, 0.25) is 5.75 Å². The number of likely N-dealkylation sites (N-methyl/N-ethyl adjacent to an activating group) is 1. The molecule has 1 N–H and O–H groups in total. The van der Waals surface area contributed by atoms with Crippen molar-refractivity contribution in [3.63, 3.8) is 0 Å². The second-order valence-electron chi connectivity index (χ2n) is 7.93. The van der Waals surface area contributed by atoms with E-state index >= 15 is 0 Å². The van der Waals surface area contributed by atoms with Gasteiger partial charge in [0.15, 0.2) is 11.9 Å². The number of hydrogen-bond acceptors (Lipinski definition) is 7. The quantitative estimate of drug-likeness (QED) is 0.365. The van der Waals surface area contributed by atoms with Crippen molar-refractivity contribution in [2.24, 2.45) is 5.92 Å². The molecule has 27 heavy (non-hydrogen) atoms. The first-order valence-electron chi connectivity index (χ1n) is 9.10. The van der Waals surface area contributed by atoms with E-state index in [4.69, 9.17) is 9.47 Å². The summed E-state index contributed by atoms with van der Waals surface area (Å²) in [5.41, 5.74) is 0.935. The summed E-state index contributed by atoms with van der Waals surface area (Å²) in [5.74, 6) is -0.504. The van der Waals surface area contributed by atoms with Crippen LogP contribution in [-0.2, 0) is 21.4 Å². The highest BCUT2D eigenvalue weighted by atomic mass is 16.6. The van der Waals surface area contributed by atoms with E-state index in [0.717, 1.165) is 24.1 Å². The van der Waals surface area contributed by atoms with Crippen LogP contribution in [-0.4, -0.2) is 52.7 Å². The van der Waals surface area contributed by atoms with Gasteiger partial charge >= 0.3 is 11.7 Å². The molecule has 2 aliphatic heterocycles. The molecule has 1 spiro atoms. The van der Waals surface area contributed by atoms with Crippen LogP contribution in [0.5, 0.6) is 11.5 Å². The number of nitrogens with zero attached hydrogens (tertiary/aromatic N) is 2. The Bertz CT molecular complexity index is 912. The van der Waals surface area contributed by atoms with Gasteiger partial charge < -0.3 is 19.5 Å². The standard InChI is InChI=1S/C19H20N2O6/c1-9(22)26-14-4-3-11-12-7-10-8-13(21(24)25)16(23)17-15(10)19(11,18(14)27-17)5-6-20(12)2/h3-4,8,11-12,14,18,23H,5-7H2,1-2H3/t11-,12+,14-,18-,19-/m0/s1. The number of esters is 1. The van der Waals surface area contributed by atoms with Crippen LogP contribution in [0.3, 0.4) is 0 Å². The van der Waals surface area contributed by atoms with Gasteiger partial charge in [0.25, 0.3) is 0 Å². The van der Waals surface area contributed by atoms with Crippen LogP contribution in [0.15, 0.2) is 18.2 Å². The largest absolute Gasteiger partial charge is 0.500 e. The van der Waals surface area contributed by atoms with E-state index in [-0.39, 0.29) is 23.4 Å². The van der Waals surface area contributed by atoms with Crippen molar-refractivity contribution in [1.82, 2.24) is 4.90 Å². The molecule has 142 valence electrons. The lowest BCUT2D eigenvalue weighted by molar-refractivity contribution is -0.386. The van der Waals surface area contributed by atoms with Gasteiger partial charge in [-0.05, 0) is 38.1 Å². The van der Waals surface area contributed by atoms with Crippen LogP contribution in [0, 0.1) is 16.0 Å². The van der Waals surface area contributed by atoms with Gasteiger partial charge in [0.1, 0.15) is 6.10 Å². The number of rotatable bonds is 2. The number of hydrogen-bond donors (Lipinski definition) is 1. The summed E-state index contributed by atoms with van der Waals surface area (Å²) >= 11 is 0. The van der Waals surface area contributed by atoms with Gasteiger partial charge in [0.05, 0.1) is 4.92 Å². The fraction of sp³-hybridized carbons (Fsp3) is 0.526. The number of nitro groups is 1. The first-order chi connectivity index (χ1) is 12.8. The molecule has 2 aliphatic carbocycles. The number of phenols is 1. The van der Waals surface area contributed by atoms with Gasteiger partial charge in [-0.3, -0.25) is 14.9 Å².